The van der Waals surface area contributed by atoms with Gasteiger partial charge in [0, 0.05) is 56.9 Å². The Labute approximate surface area is 288 Å². The maximum absolute atomic E-state index is 14.0. The Hall–Kier alpha value is -5.56. The summed E-state index contributed by atoms with van der Waals surface area (Å²) in [5, 5.41) is 13.1. The number of likely N-dealkylation sites (tertiary alicyclic amines) is 1. The number of nitrogens with zero attached hydrogens (tertiary/aromatic N) is 7. The average molecular weight is 677 g/mol. The maximum atomic E-state index is 14.0. The van der Waals surface area contributed by atoms with Gasteiger partial charge in [0.15, 0.2) is 0 Å². The first-order valence-electron chi connectivity index (χ1n) is 16.9. The molecular formula is C37H37FN8O4. The van der Waals surface area contributed by atoms with E-state index >= 15 is 0 Å². The van der Waals surface area contributed by atoms with E-state index in [1.54, 1.807) is 24.1 Å². The van der Waals surface area contributed by atoms with Crippen LogP contribution in [0, 0.1) is 12.7 Å². The number of rotatable bonds is 2. The summed E-state index contributed by atoms with van der Waals surface area (Å²) in [5.74, 6) is -0.716. The summed E-state index contributed by atoms with van der Waals surface area (Å²) in [4.78, 5) is 46.5. The molecule has 5 aromatic rings. The van der Waals surface area contributed by atoms with Crippen LogP contribution < -0.4 is 10.1 Å². The van der Waals surface area contributed by atoms with Crippen LogP contribution in [0.25, 0.3) is 27.7 Å². The molecule has 4 aliphatic rings. The van der Waals surface area contributed by atoms with E-state index in [1.165, 1.54) is 27.9 Å². The number of halogens is 1. The van der Waals surface area contributed by atoms with Crippen molar-refractivity contribution in [2.75, 3.05) is 45.8 Å². The second kappa shape index (κ2) is 13.0. The number of piperazine rings is 1. The zero-order chi connectivity index (χ0) is 34.4. The third-order valence-electron chi connectivity index (χ3n) is 9.89. The number of benzene rings is 3. The largest absolute Gasteiger partial charge is 0.488 e. The number of nitrogens with one attached hydrogen (secondary N) is 1. The van der Waals surface area contributed by atoms with Crippen LogP contribution in [-0.2, 0) is 16.1 Å². The van der Waals surface area contributed by atoms with Gasteiger partial charge in [0.2, 0.25) is 11.8 Å². The number of amides is 3. The molecule has 1 N–H and O–H groups in total. The van der Waals surface area contributed by atoms with Gasteiger partial charge in [-0.25, -0.2) is 9.07 Å². The van der Waals surface area contributed by atoms with Crippen molar-refractivity contribution in [1.29, 1.82) is 0 Å². The van der Waals surface area contributed by atoms with Gasteiger partial charge in [0.05, 0.1) is 42.6 Å². The lowest BCUT2D eigenvalue weighted by Crippen LogP contribution is -2.53. The molecule has 0 aliphatic carbocycles. The Kier molecular flexibility index (Phi) is 8.27. The van der Waals surface area contributed by atoms with Gasteiger partial charge in [-0.1, -0.05) is 24.3 Å². The molecule has 8 bridgehead atoms. The molecule has 3 aromatic carbocycles. The summed E-state index contributed by atoms with van der Waals surface area (Å²) in [5.41, 5.74) is 4.48. The van der Waals surface area contributed by atoms with E-state index in [9.17, 15) is 18.8 Å². The van der Waals surface area contributed by atoms with Gasteiger partial charge >= 0.3 is 0 Å². The number of aryl methyl sites for hydroxylation is 1. The van der Waals surface area contributed by atoms with Gasteiger partial charge in [-0.3, -0.25) is 24.0 Å². The van der Waals surface area contributed by atoms with E-state index < -0.39 is 24.0 Å². The van der Waals surface area contributed by atoms with Crippen LogP contribution in [0.4, 0.5) is 4.39 Å². The van der Waals surface area contributed by atoms with Crippen LogP contribution in [0.1, 0.15) is 22.3 Å². The summed E-state index contributed by atoms with van der Waals surface area (Å²) in [6.07, 6.45) is 4.86. The number of carbonyl (C=O) groups excluding carboxylic acids is 3. The molecule has 0 saturated carbocycles. The fourth-order valence-corrected chi connectivity index (χ4v) is 7.21. The predicted octanol–water partition coefficient (Wildman–Crippen LogP) is 3.27. The minimum atomic E-state index is -0.870. The lowest BCUT2D eigenvalue weighted by atomic mass is 10.0. The summed E-state index contributed by atoms with van der Waals surface area (Å²) in [7, 11) is 0. The highest BCUT2D eigenvalue weighted by molar-refractivity contribution is 5.98. The molecule has 2 atom stereocenters. The highest BCUT2D eigenvalue weighted by atomic mass is 19.1. The van der Waals surface area contributed by atoms with Gasteiger partial charge in [0.1, 0.15) is 23.7 Å². The van der Waals surface area contributed by atoms with E-state index in [4.69, 9.17) is 9.84 Å². The minimum Gasteiger partial charge on any atom is -0.488 e. The number of ether oxygens (including phenoxy) is 1. The molecule has 0 radical (unpaired) electrons. The molecule has 2 fully saturated rings. The molecule has 6 heterocycles. The van der Waals surface area contributed by atoms with Crippen molar-refractivity contribution in [3.8, 4) is 22.6 Å². The van der Waals surface area contributed by atoms with Crippen LogP contribution in [0.3, 0.4) is 0 Å². The van der Waals surface area contributed by atoms with Crippen LogP contribution in [0.15, 0.2) is 79.3 Å². The fraction of sp³-hybridized carbons (Fsp3) is 0.324. The van der Waals surface area contributed by atoms with Gasteiger partial charge in [0.25, 0.3) is 5.91 Å². The summed E-state index contributed by atoms with van der Waals surface area (Å²) < 4.78 is 23.7. The van der Waals surface area contributed by atoms with E-state index in [-0.39, 0.29) is 36.8 Å². The molecule has 0 spiro atoms. The molecular weight excluding hydrogens is 639 g/mol. The molecule has 2 saturated heterocycles. The third kappa shape index (κ3) is 6.20. The monoisotopic (exact) mass is 676 g/mol. The Morgan fingerprint density at radius 1 is 0.960 bits per heavy atom. The second-order valence-corrected chi connectivity index (χ2v) is 13.2. The number of aromatic nitrogens is 4. The molecule has 2 aromatic heterocycles. The normalized spacial score (nSPS) is 21.3. The van der Waals surface area contributed by atoms with Crippen molar-refractivity contribution in [3.63, 3.8) is 0 Å². The zero-order valence-electron chi connectivity index (χ0n) is 27.7. The molecule has 13 heteroatoms. The lowest BCUT2D eigenvalue weighted by Gasteiger charge is -2.34. The molecule has 3 amide bonds. The molecule has 1 unspecified atom stereocenters. The lowest BCUT2D eigenvalue weighted by molar-refractivity contribution is -0.135. The van der Waals surface area contributed by atoms with E-state index in [1.807, 2.05) is 41.1 Å². The van der Waals surface area contributed by atoms with Gasteiger partial charge in [-0.05, 0) is 60.0 Å². The second-order valence-electron chi connectivity index (χ2n) is 13.2. The van der Waals surface area contributed by atoms with Crippen molar-refractivity contribution in [2.24, 2.45) is 0 Å². The van der Waals surface area contributed by atoms with Gasteiger partial charge in [-0.2, -0.15) is 10.2 Å². The number of hydrogen-bond acceptors (Lipinski definition) is 7. The Balaban J connectivity index is 1.10. The average Bonchev–Trinajstić information content (AvgIpc) is 3.88. The van der Waals surface area contributed by atoms with Gasteiger partial charge in [-0.15, -0.1) is 0 Å². The number of hydrogen-bond donors (Lipinski definition) is 1. The van der Waals surface area contributed by atoms with Crippen molar-refractivity contribution >= 4 is 28.6 Å². The van der Waals surface area contributed by atoms with Crippen LogP contribution >= 0.6 is 0 Å². The molecule has 9 rings (SSSR count). The van der Waals surface area contributed by atoms with Crippen LogP contribution in [0.2, 0.25) is 0 Å². The van der Waals surface area contributed by atoms with Crippen molar-refractivity contribution in [3.05, 3.63) is 96.2 Å². The number of fused-ring (bicyclic) bond motifs is 6. The summed E-state index contributed by atoms with van der Waals surface area (Å²) in [6, 6.07) is 17.4. The van der Waals surface area contributed by atoms with Crippen molar-refractivity contribution < 1.29 is 23.5 Å². The fourth-order valence-electron chi connectivity index (χ4n) is 7.21. The number of carbonyl (C=O) groups is 3. The predicted molar refractivity (Wildman–Crippen MR) is 183 cm³/mol. The Morgan fingerprint density at radius 2 is 1.78 bits per heavy atom. The van der Waals surface area contributed by atoms with E-state index in [0.29, 0.717) is 30.1 Å². The minimum absolute atomic E-state index is 0.153. The maximum Gasteiger partial charge on any atom is 0.257 e. The van der Waals surface area contributed by atoms with Crippen LogP contribution in [-0.4, -0.2) is 110 Å². The SMILES string of the molecule is Cc1cc(F)ccc1-n1cc(C(=O)N2C[C@@H]3CC2C(=O)NCC(=O)N2CCN(CC2)CCn2cc4c(cccc4n2)-c2cccc(c2)O3)cn1. The van der Waals surface area contributed by atoms with Gasteiger partial charge < -0.3 is 19.9 Å². The Morgan fingerprint density at radius 3 is 2.62 bits per heavy atom. The first-order chi connectivity index (χ1) is 24.3. The highest BCUT2D eigenvalue weighted by Crippen LogP contribution is 2.32. The smallest absolute Gasteiger partial charge is 0.257 e. The Bertz CT molecular complexity index is 2100. The topological polar surface area (TPSA) is 118 Å². The third-order valence-corrected chi connectivity index (χ3v) is 9.89. The van der Waals surface area contributed by atoms with E-state index in [0.717, 1.165) is 48.2 Å². The van der Waals surface area contributed by atoms with Crippen molar-refractivity contribution in [1.82, 2.24) is 39.6 Å². The first-order valence-corrected chi connectivity index (χ1v) is 16.9. The summed E-state index contributed by atoms with van der Waals surface area (Å²) >= 11 is 0. The van der Waals surface area contributed by atoms with E-state index in [2.05, 4.69) is 27.6 Å². The van der Waals surface area contributed by atoms with Crippen molar-refractivity contribution in [2.45, 2.75) is 32.0 Å². The first kappa shape index (κ1) is 31.7. The van der Waals surface area contributed by atoms with Crippen LogP contribution in [0.5, 0.6) is 5.75 Å². The quantitative estimate of drug-likeness (QED) is 0.305. The zero-order valence-corrected chi connectivity index (χ0v) is 27.7. The molecule has 12 nitrogen and oxygen atoms in total. The summed E-state index contributed by atoms with van der Waals surface area (Å²) in [6.45, 7) is 5.89. The highest BCUT2D eigenvalue weighted by Gasteiger charge is 2.41. The standard InChI is InChI=1S/C37H37FN8O4/c1-24-16-27(38)8-9-33(24)46-21-26(19-40-46)37(49)45-22-29-18-34(45)36(48)39-20-35(47)43-13-10-42(11-14-43)12-15-44-23-31-30(6-3-7-32(31)41-44)25-4-2-5-28(17-25)50-29/h2-9,16-17,19,21,23,29,34H,10-15,18,20,22H2,1H3,(H,39,48)/t29-,34?/m0/s1. The molecule has 4 aliphatic heterocycles. The molecule has 50 heavy (non-hydrogen) atoms. The molecule has 256 valence electrons.